The van der Waals surface area contributed by atoms with Gasteiger partial charge in [0.15, 0.2) is 0 Å². The molecule has 2 N–H and O–H groups in total. The van der Waals surface area contributed by atoms with E-state index in [0.717, 1.165) is 31.7 Å². The Morgan fingerprint density at radius 3 is 2.29 bits per heavy atom. The van der Waals surface area contributed by atoms with Gasteiger partial charge in [-0.15, -0.1) is 0 Å². The molecule has 0 aliphatic carbocycles. The molecule has 0 radical (unpaired) electrons. The van der Waals surface area contributed by atoms with Crippen LogP contribution >= 0.6 is 0 Å². The van der Waals surface area contributed by atoms with Crippen molar-refractivity contribution in [2.75, 3.05) is 36.4 Å². The number of carbonyl (C=O) groups excluding carboxylic acids is 1. The molecule has 0 saturated heterocycles. The first-order valence-corrected chi connectivity index (χ1v) is 7.92. The zero-order chi connectivity index (χ0) is 15.7. The van der Waals surface area contributed by atoms with Crippen LogP contribution in [0.2, 0.25) is 0 Å². The first-order valence-electron chi connectivity index (χ1n) is 7.92. The number of amides is 1. The van der Waals surface area contributed by atoms with Gasteiger partial charge in [0.1, 0.15) is 0 Å². The summed E-state index contributed by atoms with van der Waals surface area (Å²) in [4.78, 5) is 14.1. The van der Waals surface area contributed by atoms with E-state index in [1.165, 1.54) is 5.69 Å². The monoisotopic (exact) mass is 291 g/mol. The van der Waals surface area contributed by atoms with Gasteiger partial charge in [0.25, 0.3) is 0 Å². The molecule has 1 amide bonds. The quantitative estimate of drug-likeness (QED) is 0.687. The Labute approximate surface area is 128 Å². The van der Waals surface area contributed by atoms with Crippen LogP contribution in [0.3, 0.4) is 0 Å². The van der Waals surface area contributed by atoms with Crippen LogP contribution in [0.15, 0.2) is 24.3 Å². The molecule has 1 rings (SSSR count). The molecule has 0 aliphatic heterocycles. The largest absolute Gasteiger partial charge is 0.372 e. The van der Waals surface area contributed by atoms with Gasteiger partial charge in [-0.1, -0.05) is 13.8 Å². The lowest BCUT2D eigenvalue weighted by molar-refractivity contribution is -0.115. The standard InChI is InChI=1S/C17H29N3O/c1-5-20(6-2)16-9-7-15(8-10-16)19-17(21)13-18-12-11-14(3)4/h7-10,14,18H,5-6,11-13H2,1-4H3,(H,19,21). The minimum absolute atomic E-state index is 0.00865. The van der Waals surface area contributed by atoms with Crippen LogP contribution in [0, 0.1) is 5.92 Å². The fraction of sp³-hybridized carbons (Fsp3) is 0.588. The summed E-state index contributed by atoms with van der Waals surface area (Å²) in [6, 6.07) is 8.02. The van der Waals surface area contributed by atoms with Gasteiger partial charge in [0, 0.05) is 24.5 Å². The highest BCUT2D eigenvalue weighted by Crippen LogP contribution is 2.17. The van der Waals surface area contributed by atoms with Crippen LogP contribution in [0.4, 0.5) is 11.4 Å². The average molecular weight is 291 g/mol. The molecule has 0 aliphatic rings. The van der Waals surface area contributed by atoms with Crippen molar-refractivity contribution in [3.63, 3.8) is 0 Å². The van der Waals surface area contributed by atoms with Crippen LogP contribution in [0.5, 0.6) is 0 Å². The van der Waals surface area contributed by atoms with Crippen LogP contribution < -0.4 is 15.5 Å². The zero-order valence-electron chi connectivity index (χ0n) is 13.8. The van der Waals surface area contributed by atoms with Gasteiger partial charge >= 0.3 is 0 Å². The molecule has 0 heterocycles. The highest BCUT2D eigenvalue weighted by molar-refractivity contribution is 5.92. The molecule has 0 bridgehead atoms. The van der Waals surface area contributed by atoms with Gasteiger partial charge in [-0.05, 0) is 57.0 Å². The topological polar surface area (TPSA) is 44.4 Å². The average Bonchev–Trinajstić information content (AvgIpc) is 2.46. The third kappa shape index (κ3) is 6.63. The Bertz CT molecular complexity index is 411. The van der Waals surface area contributed by atoms with E-state index in [0.29, 0.717) is 12.5 Å². The number of nitrogens with zero attached hydrogens (tertiary/aromatic N) is 1. The predicted molar refractivity (Wildman–Crippen MR) is 91.0 cm³/mol. The van der Waals surface area contributed by atoms with Crippen LogP contribution in [0.25, 0.3) is 0 Å². The van der Waals surface area contributed by atoms with E-state index in [4.69, 9.17) is 0 Å². The number of rotatable bonds is 9. The van der Waals surface area contributed by atoms with Gasteiger partial charge in [-0.3, -0.25) is 4.79 Å². The third-order valence-corrected chi connectivity index (χ3v) is 3.46. The van der Waals surface area contributed by atoms with Crippen LogP contribution in [-0.4, -0.2) is 32.1 Å². The van der Waals surface area contributed by atoms with E-state index in [9.17, 15) is 4.79 Å². The number of nitrogens with one attached hydrogen (secondary N) is 2. The Morgan fingerprint density at radius 2 is 1.76 bits per heavy atom. The fourth-order valence-electron chi connectivity index (χ4n) is 2.14. The Hall–Kier alpha value is -1.55. The van der Waals surface area contributed by atoms with E-state index in [-0.39, 0.29) is 5.91 Å². The lowest BCUT2D eigenvalue weighted by Crippen LogP contribution is -2.29. The number of benzene rings is 1. The molecule has 0 aromatic heterocycles. The maximum absolute atomic E-state index is 11.8. The minimum atomic E-state index is 0.00865. The highest BCUT2D eigenvalue weighted by atomic mass is 16.1. The van der Waals surface area contributed by atoms with Gasteiger partial charge < -0.3 is 15.5 Å². The summed E-state index contributed by atoms with van der Waals surface area (Å²) in [5.41, 5.74) is 2.04. The molecule has 0 fully saturated rings. The molecule has 1 aromatic carbocycles. The molecule has 118 valence electrons. The molecular weight excluding hydrogens is 262 g/mol. The number of anilines is 2. The third-order valence-electron chi connectivity index (χ3n) is 3.46. The molecule has 0 saturated carbocycles. The van der Waals surface area contributed by atoms with Gasteiger partial charge in [-0.2, -0.15) is 0 Å². The molecule has 0 atom stereocenters. The van der Waals surface area contributed by atoms with Crippen molar-refractivity contribution < 1.29 is 4.79 Å². The molecule has 4 nitrogen and oxygen atoms in total. The number of carbonyl (C=O) groups is 1. The first kappa shape index (κ1) is 17.5. The summed E-state index contributed by atoms with van der Waals surface area (Å²) in [6.45, 7) is 11.9. The summed E-state index contributed by atoms with van der Waals surface area (Å²) in [7, 11) is 0. The second kappa shape index (κ2) is 9.40. The van der Waals surface area contributed by atoms with E-state index in [2.05, 4.69) is 55.4 Å². The highest BCUT2D eigenvalue weighted by Gasteiger charge is 2.04. The van der Waals surface area contributed by atoms with Crippen LogP contribution in [-0.2, 0) is 4.79 Å². The van der Waals surface area contributed by atoms with Crippen molar-refractivity contribution in [1.82, 2.24) is 5.32 Å². The minimum Gasteiger partial charge on any atom is -0.372 e. The summed E-state index contributed by atoms with van der Waals surface area (Å²) < 4.78 is 0. The lowest BCUT2D eigenvalue weighted by Gasteiger charge is -2.21. The second-order valence-electron chi connectivity index (χ2n) is 5.63. The van der Waals surface area contributed by atoms with Crippen molar-refractivity contribution >= 4 is 17.3 Å². The fourth-order valence-corrected chi connectivity index (χ4v) is 2.14. The second-order valence-corrected chi connectivity index (χ2v) is 5.63. The zero-order valence-corrected chi connectivity index (χ0v) is 13.8. The molecule has 21 heavy (non-hydrogen) atoms. The van der Waals surface area contributed by atoms with E-state index in [1.54, 1.807) is 0 Å². The van der Waals surface area contributed by atoms with Crippen molar-refractivity contribution in [3.8, 4) is 0 Å². The first-order chi connectivity index (χ1) is 10.1. The maximum atomic E-state index is 11.8. The lowest BCUT2D eigenvalue weighted by atomic mass is 10.1. The summed E-state index contributed by atoms with van der Waals surface area (Å²) >= 11 is 0. The van der Waals surface area contributed by atoms with Crippen molar-refractivity contribution in [3.05, 3.63) is 24.3 Å². The normalized spacial score (nSPS) is 10.7. The molecule has 0 unspecified atom stereocenters. The Kier molecular flexibility index (Phi) is 7.83. The molecule has 4 heteroatoms. The SMILES string of the molecule is CCN(CC)c1ccc(NC(=O)CNCCC(C)C)cc1. The smallest absolute Gasteiger partial charge is 0.238 e. The summed E-state index contributed by atoms with van der Waals surface area (Å²) in [6.07, 6.45) is 1.09. The van der Waals surface area contributed by atoms with Gasteiger partial charge in [-0.25, -0.2) is 0 Å². The van der Waals surface area contributed by atoms with Crippen molar-refractivity contribution in [2.24, 2.45) is 5.92 Å². The summed E-state index contributed by atoms with van der Waals surface area (Å²) in [5.74, 6) is 0.669. The predicted octanol–water partition coefficient (Wildman–Crippen LogP) is 3.11. The van der Waals surface area contributed by atoms with Crippen molar-refractivity contribution in [2.45, 2.75) is 34.1 Å². The Balaban J connectivity index is 2.39. The maximum Gasteiger partial charge on any atom is 0.238 e. The van der Waals surface area contributed by atoms with E-state index in [1.807, 2.05) is 12.1 Å². The molecule has 0 spiro atoms. The number of hydrogen-bond donors (Lipinski definition) is 2. The summed E-state index contributed by atoms with van der Waals surface area (Å²) in [5, 5.41) is 6.08. The van der Waals surface area contributed by atoms with E-state index >= 15 is 0 Å². The van der Waals surface area contributed by atoms with Gasteiger partial charge in [0.2, 0.25) is 5.91 Å². The van der Waals surface area contributed by atoms with Gasteiger partial charge in [0.05, 0.1) is 6.54 Å². The van der Waals surface area contributed by atoms with Crippen LogP contribution in [0.1, 0.15) is 34.1 Å². The molecular formula is C17H29N3O. The Morgan fingerprint density at radius 1 is 1.14 bits per heavy atom. The van der Waals surface area contributed by atoms with E-state index < -0.39 is 0 Å². The molecule has 1 aromatic rings. The van der Waals surface area contributed by atoms with Crippen molar-refractivity contribution in [1.29, 1.82) is 0 Å². The number of hydrogen-bond acceptors (Lipinski definition) is 3.